The summed E-state index contributed by atoms with van der Waals surface area (Å²) < 4.78 is 0. The lowest BCUT2D eigenvalue weighted by molar-refractivity contribution is 0.723. The van der Waals surface area contributed by atoms with E-state index >= 15 is 0 Å². The number of aromatic nitrogens is 1. The highest BCUT2D eigenvalue weighted by molar-refractivity contribution is 5.78. The van der Waals surface area contributed by atoms with E-state index in [1.807, 2.05) is 26.1 Å². The Bertz CT molecular complexity index is 435. The molecule has 0 spiro atoms. The Morgan fingerprint density at radius 2 is 2.21 bits per heavy atom. The Labute approximate surface area is 114 Å². The number of rotatable bonds is 4. The highest BCUT2D eigenvalue weighted by Crippen LogP contribution is 2.18. The van der Waals surface area contributed by atoms with Crippen LogP contribution in [0.25, 0.3) is 0 Å². The molecule has 0 unspecified atom stereocenters. The van der Waals surface area contributed by atoms with Gasteiger partial charge in [0.15, 0.2) is 5.96 Å². The van der Waals surface area contributed by atoms with Crippen molar-refractivity contribution in [2.75, 3.05) is 18.0 Å². The molecular formula is C14H23N5. The molecule has 1 aromatic rings. The van der Waals surface area contributed by atoms with E-state index in [1.54, 1.807) is 0 Å². The van der Waals surface area contributed by atoms with Gasteiger partial charge in [-0.1, -0.05) is 0 Å². The van der Waals surface area contributed by atoms with Crippen LogP contribution in [0.3, 0.4) is 0 Å². The second-order valence-corrected chi connectivity index (χ2v) is 5.22. The van der Waals surface area contributed by atoms with Crippen LogP contribution in [-0.4, -0.2) is 30.1 Å². The van der Waals surface area contributed by atoms with Crippen molar-refractivity contribution in [2.45, 2.75) is 39.3 Å². The van der Waals surface area contributed by atoms with Gasteiger partial charge in [-0.15, -0.1) is 0 Å². The molecule has 1 aliphatic rings. The van der Waals surface area contributed by atoms with Gasteiger partial charge in [-0.2, -0.15) is 0 Å². The Morgan fingerprint density at radius 1 is 1.47 bits per heavy atom. The summed E-state index contributed by atoms with van der Waals surface area (Å²) in [4.78, 5) is 11.1. The van der Waals surface area contributed by atoms with Crippen molar-refractivity contribution in [3.05, 3.63) is 23.9 Å². The number of hydrogen-bond donors (Lipinski definition) is 2. The molecule has 1 aromatic heterocycles. The van der Waals surface area contributed by atoms with Gasteiger partial charge < -0.3 is 16.0 Å². The Morgan fingerprint density at radius 3 is 2.89 bits per heavy atom. The maximum atomic E-state index is 5.80. The lowest BCUT2D eigenvalue weighted by Gasteiger charge is -2.16. The van der Waals surface area contributed by atoms with E-state index in [-0.39, 0.29) is 0 Å². The first-order chi connectivity index (χ1) is 9.15. The molecule has 5 heteroatoms. The van der Waals surface area contributed by atoms with Crippen molar-refractivity contribution >= 4 is 11.8 Å². The molecule has 0 radical (unpaired) electrons. The first kappa shape index (κ1) is 13.6. The summed E-state index contributed by atoms with van der Waals surface area (Å²) in [7, 11) is 0. The van der Waals surface area contributed by atoms with Crippen molar-refractivity contribution < 1.29 is 0 Å². The van der Waals surface area contributed by atoms with Gasteiger partial charge in [0, 0.05) is 25.3 Å². The summed E-state index contributed by atoms with van der Waals surface area (Å²) in [5.41, 5.74) is 6.94. The highest BCUT2D eigenvalue weighted by Gasteiger charge is 2.13. The predicted octanol–water partition coefficient (Wildman–Crippen LogP) is 1.49. The molecule has 1 fully saturated rings. The monoisotopic (exact) mass is 261 g/mol. The molecule has 0 amide bonds. The second-order valence-electron chi connectivity index (χ2n) is 5.22. The van der Waals surface area contributed by atoms with E-state index in [1.165, 1.54) is 12.8 Å². The number of nitrogens with one attached hydrogen (secondary N) is 1. The number of aliphatic imine (C=N–C) groups is 1. The van der Waals surface area contributed by atoms with Crippen molar-refractivity contribution in [1.29, 1.82) is 0 Å². The zero-order valence-corrected chi connectivity index (χ0v) is 11.8. The third-order valence-electron chi connectivity index (χ3n) is 3.11. The van der Waals surface area contributed by atoms with Crippen LogP contribution in [0.5, 0.6) is 0 Å². The Hall–Kier alpha value is -1.78. The molecule has 3 N–H and O–H groups in total. The van der Waals surface area contributed by atoms with Gasteiger partial charge in [0.05, 0.1) is 6.54 Å². The zero-order valence-electron chi connectivity index (χ0n) is 11.8. The van der Waals surface area contributed by atoms with E-state index in [2.05, 4.69) is 26.3 Å². The summed E-state index contributed by atoms with van der Waals surface area (Å²) in [6.45, 7) is 6.89. The van der Waals surface area contributed by atoms with Crippen LogP contribution in [0.2, 0.25) is 0 Å². The van der Waals surface area contributed by atoms with Crippen molar-refractivity contribution in [2.24, 2.45) is 10.7 Å². The largest absolute Gasteiger partial charge is 0.370 e. The smallest absolute Gasteiger partial charge is 0.189 e. The molecular weight excluding hydrogens is 238 g/mol. The molecule has 1 aliphatic heterocycles. The number of guanidine groups is 1. The molecule has 0 aliphatic carbocycles. The summed E-state index contributed by atoms with van der Waals surface area (Å²) in [5, 5.41) is 3.08. The lowest BCUT2D eigenvalue weighted by atomic mass is 10.2. The van der Waals surface area contributed by atoms with Gasteiger partial charge in [0.25, 0.3) is 0 Å². The summed E-state index contributed by atoms with van der Waals surface area (Å²) in [5.74, 6) is 1.55. The zero-order chi connectivity index (χ0) is 13.7. The van der Waals surface area contributed by atoms with Crippen LogP contribution < -0.4 is 16.0 Å². The summed E-state index contributed by atoms with van der Waals surface area (Å²) in [6.07, 6.45) is 4.37. The molecule has 0 aromatic carbocycles. The van der Waals surface area contributed by atoms with Crippen molar-refractivity contribution in [1.82, 2.24) is 10.3 Å². The minimum atomic E-state index is 0.307. The van der Waals surface area contributed by atoms with E-state index < -0.39 is 0 Å². The molecule has 0 atom stereocenters. The molecule has 5 nitrogen and oxygen atoms in total. The fraction of sp³-hybridized carbons (Fsp3) is 0.571. The van der Waals surface area contributed by atoms with E-state index in [9.17, 15) is 0 Å². The van der Waals surface area contributed by atoms with Crippen LogP contribution in [0, 0.1) is 0 Å². The molecule has 2 heterocycles. The van der Waals surface area contributed by atoms with Gasteiger partial charge in [0.1, 0.15) is 5.82 Å². The number of hydrogen-bond acceptors (Lipinski definition) is 3. The Balaban J connectivity index is 1.98. The predicted molar refractivity (Wildman–Crippen MR) is 79.3 cm³/mol. The van der Waals surface area contributed by atoms with E-state index in [4.69, 9.17) is 5.73 Å². The highest BCUT2D eigenvalue weighted by atomic mass is 15.2. The quantitative estimate of drug-likeness (QED) is 0.636. The van der Waals surface area contributed by atoms with Crippen molar-refractivity contribution in [3.8, 4) is 0 Å². The van der Waals surface area contributed by atoms with Gasteiger partial charge >= 0.3 is 0 Å². The molecule has 0 bridgehead atoms. The Kier molecular flexibility index (Phi) is 4.60. The third-order valence-corrected chi connectivity index (χ3v) is 3.11. The molecule has 0 saturated carbocycles. The summed E-state index contributed by atoms with van der Waals surface area (Å²) >= 11 is 0. The van der Waals surface area contributed by atoms with Crippen LogP contribution in [-0.2, 0) is 6.54 Å². The van der Waals surface area contributed by atoms with Crippen LogP contribution in [0.1, 0.15) is 32.3 Å². The minimum absolute atomic E-state index is 0.307. The standard InChI is InChI=1S/C14H23N5/c1-11(2)18-14(15)17-10-12-5-6-16-13(9-12)19-7-3-4-8-19/h5-6,9,11H,3-4,7-8,10H2,1-2H3,(H3,15,17,18). The maximum Gasteiger partial charge on any atom is 0.189 e. The molecule has 1 saturated heterocycles. The topological polar surface area (TPSA) is 66.5 Å². The van der Waals surface area contributed by atoms with E-state index in [0.717, 1.165) is 24.5 Å². The van der Waals surface area contributed by atoms with Gasteiger partial charge in [-0.25, -0.2) is 9.98 Å². The third kappa shape index (κ3) is 4.12. The van der Waals surface area contributed by atoms with Crippen LogP contribution in [0.15, 0.2) is 23.3 Å². The first-order valence-electron chi connectivity index (χ1n) is 6.91. The normalized spacial score (nSPS) is 16.2. The minimum Gasteiger partial charge on any atom is -0.370 e. The SMILES string of the molecule is CC(C)NC(N)=NCc1ccnc(N2CCCC2)c1. The average molecular weight is 261 g/mol. The molecule has 2 rings (SSSR count). The summed E-state index contributed by atoms with van der Waals surface area (Å²) in [6, 6.07) is 4.41. The second kappa shape index (κ2) is 6.41. The fourth-order valence-corrected chi connectivity index (χ4v) is 2.20. The van der Waals surface area contributed by atoms with Crippen LogP contribution >= 0.6 is 0 Å². The fourth-order valence-electron chi connectivity index (χ4n) is 2.20. The van der Waals surface area contributed by atoms with Gasteiger partial charge in [-0.05, 0) is 44.4 Å². The van der Waals surface area contributed by atoms with Gasteiger partial charge in [-0.3, -0.25) is 0 Å². The van der Waals surface area contributed by atoms with Crippen molar-refractivity contribution in [3.63, 3.8) is 0 Å². The number of pyridine rings is 1. The number of nitrogens with zero attached hydrogens (tertiary/aromatic N) is 3. The lowest BCUT2D eigenvalue weighted by Crippen LogP contribution is -2.36. The maximum absolute atomic E-state index is 5.80. The number of nitrogens with two attached hydrogens (primary N) is 1. The van der Waals surface area contributed by atoms with E-state index in [0.29, 0.717) is 18.5 Å². The molecule has 19 heavy (non-hydrogen) atoms. The first-order valence-corrected chi connectivity index (χ1v) is 6.91. The molecule has 104 valence electrons. The number of anilines is 1. The average Bonchev–Trinajstić information content (AvgIpc) is 2.90. The van der Waals surface area contributed by atoms with Crippen LogP contribution in [0.4, 0.5) is 5.82 Å². The van der Waals surface area contributed by atoms with Gasteiger partial charge in [0.2, 0.25) is 0 Å².